The van der Waals surface area contributed by atoms with Crippen LogP contribution in [0.3, 0.4) is 0 Å². The molecule has 4 heteroatoms. The van der Waals surface area contributed by atoms with E-state index in [9.17, 15) is 0 Å². The second kappa shape index (κ2) is 12.7. The predicted molar refractivity (Wildman–Crippen MR) is 129 cm³/mol. The summed E-state index contributed by atoms with van der Waals surface area (Å²) < 4.78 is 0. The fourth-order valence-corrected chi connectivity index (χ4v) is 3.78. The number of hydrogen-bond donors (Lipinski definition) is 1. The summed E-state index contributed by atoms with van der Waals surface area (Å²) >= 11 is 6.17. The Balaban J connectivity index is 2.03. The molecule has 0 radical (unpaired) electrons. The summed E-state index contributed by atoms with van der Waals surface area (Å²) in [6, 6.07) is 6.46. The molecule has 0 bridgehead atoms. The number of nitrogens with one attached hydrogen (secondary N) is 1. The lowest BCUT2D eigenvalue weighted by Crippen LogP contribution is -2.28. The summed E-state index contributed by atoms with van der Waals surface area (Å²) in [6.07, 6.45) is 13.8. The van der Waals surface area contributed by atoms with Gasteiger partial charge in [-0.3, -0.25) is 4.99 Å². The fraction of sp³-hybridized carbons (Fsp3) is 0.480. The highest BCUT2D eigenvalue weighted by atomic mass is 35.5. The van der Waals surface area contributed by atoms with Gasteiger partial charge in [0.15, 0.2) is 0 Å². The standard InChI is InChI=1S/C25H36ClN3/c1-5-29(6-2)17-9-10-21(4)28-25(24-14-13-23(26)18-20(24)3)15-16-27-19-22-11-7-8-12-22/h7-8,11,13-16,18,21,28H,5-6,9-10,12,17,19H2,1-4H3/b25-15+,27-16?. The van der Waals surface area contributed by atoms with E-state index < -0.39 is 0 Å². The molecule has 158 valence electrons. The Morgan fingerprint density at radius 3 is 2.76 bits per heavy atom. The molecule has 0 saturated heterocycles. The first-order valence-corrected chi connectivity index (χ1v) is 11.2. The van der Waals surface area contributed by atoms with Crippen LogP contribution in [-0.4, -0.2) is 43.3 Å². The van der Waals surface area contributed by atoms with Gasteiger partial charge in [0.2, 0.25) is 0 Å². The van der Waals surface area contributed by atoms with Gasteiger partial charge in [0.25, 0.3) is 0 Å². The van der Waals surface area contributed by atoms with E-state index in [2.05, 4.69) is 73.3 Å². The van der Waals surface area contributed by atoms with E-state index in [-0.39, 0.29) is 0 Å². The first-order valence-electron chi connectivity index (χ1n) is 10.8. The van der Waals surface area contributed by atoms with Crippen molar-refractivity contribution in [3.05, 3.63) is 64.2 Å². The first kappa shape index (κ1) is 23.4. The number of benzene rings is 1. The second-order valence-corrected chi connectivity index (χ2v) is 8.14. The summed E-state index contributed by atoms with van der Waals surface area (Å²) in [6.45, 7) is 13.0. The Labute approximate surface area is 182 Å². The smallest absolute Gasteiger partial charge is 0.0605 e. The van der Waals surface area contributed by atoms with Crippen molar-refractivity contribution in [2.24, 2.45) is 4.99 Å². The molecule has 3 nitrogen and oxygen atoms in total. The third kappa shape index (κ3) is 8.20. The number of rotatable bonds is 12. The lowest BCUT2D eigenvalue weighted by atomic mass is 10.0. The molecule has 0 aromatic heterocycles. The average Bonchev–Trinajstić information content (AvgIpc) is 3.21. The molecule has 0 amide bonds. The van der Waals surface area contributed by atoms with E-state index in [0.717, 1.165) is 49.7 Å². The molecule has 29 heavy (non-hydrogen) atoms. The minimum Gasteiger partial charge on any atom is -0.382 e. The molecule has 0 spiro atoms. The van der Waals surface area contributed by atoms with Gasteiger partial charge in [-0.05, 0) is 82.1 Å². The lowest BCUT2D eigenvalue weighted by Gasteiger charge is -2.22. The minimum atomic E-state index is 0.391. The Hall–Kier alpha value is -1.84. The molecule has 2 rings (SSSR count). The number of nitrogens with zero attached hydrogens (tertiary/aromatic N) is 2. The van der Waals surface area contributed by atoms with Gasteiger partial charge in [-0.25, -0.2) is 0 Å². The van der Waals surface area contributed by atoms with Gasteiger partial charge >= 0.3 is 0 Å². The maximum absolute atomic E-state index is 6.17. The quantitative estimate of drug-likeness (QED) is 0.422. The summed E-state index contributed by atoms with van der Waals surface area (Å²) in [5, 5.41) is 4.48. The molecular weight excluding hydrogens is 378 g/mol. The molecule has 1 aromatic rings. The lowest BCUT2D eigenvalue weighted by molar-refractivity contribution is 0.292. The Kier molecular flexibility index (Phi) is 10.2. The van der Waals surface area contributed by atoms with E-state index in [1.165, 1.54) is 23.1 Å². The Morgan fingerprint density at radius 2 is 2.10 bits per heavy atom. The van der Waals surface area contributed by atoms with Crippen LogP contribution in [0.4, 0.5) is 0 Å². The summed E-state index contributed by atoms with van der Waals surface area (Å²) in [4.78, 5) is 7.08. The largest absolute Gasteiger partial charge is 0.382 e. The van der Waals surface area contributed by atoms with Crippen molar-refractivity contribution >= 4 is 23.5 Å². The molecule has 1 atom stereocenters. The van der Waals surface area contributed by atoms with E-state index >= 15 is 0 Å². The normalized spacial score (nSPS) is 15.4. The maximum Gasteiger partial charge on any atom is 0.0605 e. The van der Waals surface area contributed by atoms with E-state index in [1.54, 1.807) is 0 Å². The van der Waals surface area contributed by atoms with Crippen LogP contribution in [0, 0.1) is 6.92 Å². The second-order valence-electron chi connectivity index (χ2n) is 7.70. The summed E-state index contributed by atoms with van der Waals surface area (Å²) in [5.41, 5.74) is 4.81. The third-order valence-electron chi connectivity index (χ3n) is 5.38. The van der Waals surface area contributed by atoms with Crippen LogP contribution in [0.2, 0.25) is 5.02 Å². The van der Waals surface area contributed by atoms with Gasteiger partial charge in [-0.15, -0.1) is 0 Å². The number of aryl methyl sites for hydroxylation is 1. The number of allylic oxidation sites excluding steroid dienone is 4. The van der Waals surface area contributed by atoms with Crippen LogP contribution >= 0.6 is 11.6 Å². The Morgan fingerprint density at radius 1 is 1.31 bits per heavy atom. The summed E-state index contributed by atoms with van der Waals surface area (Å²) in [7, 11) is 0. The van der Waals surface area contributed by atoms with Gasteiger partial charge in [0.05, 0.1) is 6.54 Å². The molecule has 0 heterocycles. The van der Waals surface area contributed by atoms with Crippen molar-refractivity contribution in [3.63, 3.8) is 0 Å². The van der Waals surface area contributed by atoms with Gasteiger partial charge in [0, 0.05) is 28.5 Å². The fourth-order valence-electron chi connectivity index (χ4n) is 3.55. The molecule has 1 aliphatic rings. The van der Waals surface area contributed by atoms with Crippen molar-refractivity contribution in [1.82, 2.24) is 10.2 Å². The van der Waals surface area contributed by atoms with Crippen molar-refractivity contribution < 1.29 is 0 Å². The van der Waals surface area contributed by atoms with Gasteiger partial charge < -0.3 is 10.2 Å². The number of hydrogen-bond acceptors (Lipinski definition) is 3. The van der Waals surface area contributed by atoms with E-state index in [0.29, 0.717) is 6.04 Å². The van der Waals surface area contributed by atoms with Gasteiger partial charge in [-0.1, -0.05) is 49.7 Å². The zero-order valence-corrected chi connectivity index (χ0v) is 19.2. The van der Waals surface area contributed by atoms with E-state index in [1.807, 2.05) is 18.3 Å². The van der Waals surface area contributed by atoms with Crippen LogP contribution in [-0.2, 0) is 0 Å². The number of aliphatic imine (C=N–C) groups is 1. The molecular formula is C25H36ClN3. The van der Waals surface area contributed by atoms with Crippen molar-refractivity contribution in [3.8, 4) is 0 Å². The molecule has 1 aromatic carbocycles. The van der Waals surface area contributed by atoms with Crippen LogP contribution in [0.15, 0.2) is 53.1 Å². The molecule has 0 saturated carbocycles. The maximum atomic E-state index is 6.17. The molecule has 0 fully saturated rings. The zero-order chi connectivity index (χ0) is 21.1. The van der Waals surface area contributed by atoms with Gasteiger partial charge in [-0.2, -0.15) is 0 Å². The molecule has 1 unspecified atom stereocenters. The zero-order valence-electron chi connectivity index (χ0n) is 18.4. The summed E-state index contributed by atoms with van der Waals surface area (Å²) in [5.74, 6) is 0. The van der Waals surface area contributed by atoms with Crippen LogP contribution in [0.25, 0.3) is 5.70 Å². The van der Waals surface area contributed by atoms with Crippen molar-refractivity contribution in [1.29, 1.82) is 0 Å². The highest BCUT2D eigenvalue weighted by molar-refractivity contribution is 6.30. The minimum absolute atomic E-state index is 0.391. The van der Waals surface area contributed by atoms with Crippen molar-refractivity contribution in [2.75, 3.05) is 26.2 Å². The van der Waals surface area contributed by atoms with Crippen LogP contribution in [0.5, 0.6) is 0 Å². The average molecular weight is 414 g/mol. The topological polar surface area (TPSA) is 27.6 Å². The molecule has 1 N–H and O–H groups in total. The van der Waals surface area contributed by atoms with Crippen LogP contribution < -0.4 is 5.32 Å². The van der Waals surface area contributed by atoms with E-state index in [4.69, 9.17) is 11.6 Å². The molecule has 0 aliphatic heterocycles. The number of halogens is 1. The third-order valence-corrected chi connectivity index (χ3v) is 5.61. The van der Waals surface area contributed by atoms with Crippen molar-refractivity contribution in [2.45, 2.75) is 53.0 Å². The highest BCUT2D eigenvalue weighted by Crippen LogP contribution is 2.21. The van der Waals surface area contributed by atoms with Gasteiger partial charge in [0.1, 0.15) is 0 Å². The molecule has 1 aliphatic carbocycles. The Bertz CT molecular complexity index is 757. The van der Waals surface area contributed by atoms with Crippen LogP contribution in [0.1, 0.15) is 51.2 Å². The highest BCUT2D eigenvalue weighted by Gasteiger charge is 2.10. The first-order chi connectivity index (χ1) is 14.0. The monoisotopic (exact) mass is 413 g/mol. The SMILES string of the molecule is CCN(CC)CCCC(C)N/C(=C/C=NCC1=CC=CC1)c1ccc(Cl)cc1C. The predicted octanol–water partition coefficient (Wildman–Crippen LogP) is 6.05.